The molecule has 0 aromatic rings. The van der Waals surface area contributed by atoms with E-state index in [0.717, 1.165) is 0 Å². The van der Waals surface area contributed by atoms with Gasteiger partial charge < -0.3 is 28.5 Å². The molecule has 0 aliphatic heterocycles. The second-order valence-corrected chi connectivity index (χ2v) is 9.23. The molecule has 0 bridgehead atoms. The molecule has 1 N–H and O–H groups in total. The lowest BCUT2D eigenvalue weighted by molar-refractivity contribution is -0.209. The Bertz CT molecular complexity index is 303. The zero-order valence-corrected chi connectivity index (χ0v) is 9.66. The standard InChI is InChI=1S/C6H14O6P2/c1-6(5-7)3-4-12-14(10,11)13(2,8)9/h3,7H,4-5H2,1-2H3,(H,8,9)(H,10,11)/p-2/b6-3+. The highest BCUT2D eigenvalue weighted by atomic mass is 32.1. The molecule has 0 aromatic carbocycles. The lowest BCUT2D eigenvalue weighted by Gasteiger charge is -2.33. The summed E-state index contributed by atoms with van der Waals surface area (Å²) in [5.41, 5.74) is 0.502. The summed E-state index contributed by atoms with van der Waals surface area (Å²) in [6, 6.07) is 0. The van der Waals surface area contributed by atoms with Gasteiger partial charge in [0, 0.05) is 0 Å². The van der Waals surface area contributed by atoms with Crippen molar-refractivity contribution in [1.29, 1.82) is 0 Å². The van der Waals surface area contributed by atoms with Crippen molar-refractivity contribution in [2.24, 2.45) is 0 Å². The molecule has 0 rings (SSSR count). The predicted molar refractivity (Wildman–Crippen MR) is 47.9 cm³/mol. The Balaban J connectivity index is 4.29. The average Bonchev–Trinajstić information content (AvgIpc) is 2.01. The first-order valence-corrected chi connectivity index (χ1v) is 8.04. The van der Waals surface area contributed by atoms with Crippen molar-refractivity contribution in [3.63, 3.8) is 0 Å². The van der Waals surface area contributed by atoms with Crippen LogP contribution in [0.5, 0.6) is 0 Å². The van der Waals surface area contributed by atoms with E-state index in [0.29, 0.717) is 12.2 Å². The van der Waals surface area contributed by atoms with E-state index in [9.17, 15) is 18.9 Å². The van der Waals surface area contributed by atoms with Gasteiger partial charge in [-0.05, 0) is 19.2 Å². The maximum Gasteiger partial charge on any atom is 0.179 e. The van der Waals surface area contributed by atoms with E-state index in [1.807, 2.05) is 0 Å². The number of aliphatic hydroxyl groups is 1. The van der Waals surface area contributed by atoms with Crippen LogP contribution in [0.1, 0.15) is 6.92 Å². The summed E-state index contributed by atoms with van der Waals surface area (Å²) in [4.78, 5) is 21.5. The van der Waals surface area contributed by atoms with E-state index in [4.69, 9.17) is 5.11 Å². The summed E-state index contributed by atoms with van der Waals surface area (Å²) in [7, 11) is -9.32. The zero-order chi connectivity index (χ0) is 11.4. The molecule has 0 aromatic heterocycles. The zero-order valence-electron chi connectivity index (χ0n) is 7.87. The van der Waals surface area contributed by atoms with Gasteiger partial charge in [0.2, 0.25) is 0 Å². The number of rotatable bonds is 5. The van der Waals surface area contributed by atoms with Gasteiger partial charge in [-0.1, -0.05) is 6.08 Å². The molecular formula is C6H12O6P2-2. The fourth-order valence-electron chi connectivity index (χ4n) is 0.443. The van der Waals surface area contributed by atoms with Crippen LogP contribution in [-0.4, -0.2) is 25.0 Å². The molecule has 0 radical (unpaired) electrons. The van der Waals surface area contributed by atoms with Gasteiger partial charge in [-0.2, -0.15) is 0 Å². The lowest BCUT2D eigenvalue weighted by atomic mass is 10.3. The van der Waals surface area contributed by atoms with Crippen LogP contribution < -0.4 is 9.79 Å². The van der Waals surface area contributed by atoms with E-state index in [2.05, 4.69) is 4.52 Å². The molecule has 14 heavy (non-hydrogen) atoms. The summed E-state index contributed by atoms with van der Waals surface area (Å²) < 4.78 is 25.7. The maximum absolute atomic E-state index is 10.9. The van der Waals surface area contributed by atoms with E-state index in [1.54, 1.807) is 6.92 Å². The summed E-state index contributed by atoms with van der Waals surface area (Å²) in [6.07, 6.45) is 1.29. The summed E-state index contributed by atoms with van der Waals surface area (Å²) in [5, 5.41) is 8.54. The molecular weight excluding hydrogens is 230 g/mol. The molecule has 6 nitrogen and oxygen atoms in total. The van der Waals surface area contributed by atoms with Crippen molar-refractivity contribution in [2.45, 2.75) is 6.92 Å². The number of aliphatic hydroxyl groups excluding tert-OH is 1. The van der Waals surface area contributed by atoms with Gasteiger partial charge in [-0.25, -0.2) is 0 Å². The molecule has 0 aliphatic rings. The summed E-state index contributed by atoms with van der Waals surface area (Å²) >= 11 is 0. The molecule has 0 fully saturated rings. The molecule has 0 spiro atoms. The molecule has 0 amide bonds. The third kappa shape index (κ3) is 4.51. The van der Waals surface area contributed by atoms with Crippen molar-refractivity contribution in [1.82, 2.24) is 0 Å². The van der Waals surface area contributed by atoms with Gasteiger partial charge in [0.1, 0.15) is 0 Å². The normalized spacial score (nSPS) is 21.4. The van der Waals surface area contributed by atoms with Gasteiger partial charge >= 0.3 is 0 Å². The van der Waals surface area contributed by atoms with E-state index >= 15 is 0 Å². The molecule has 0 aliphatic carbocycles. The predicted octanol–water partition coefficient (Wildman–Crippen LogP) is -0.322. The third-order valence-corrected chi connectivity index (χ3v) is 5.75. The molecule has 0 saturated heterocycles. The fraction of sp³-hybridized carbons (Fsp3) is 0.667. The van der Waals surface area contributed by atoms with Gasteiger partial charge in [-0.3, -0.25) is 0 Å². The Morgan fingerprint density at radius 2 is 2.00 bits per heavy atom. The highest BCUT2D eigenvalue weighted by molar-refractivity contribution is 8.27. The minimum Gasteiger partial charge on any atom is -0.793 e. The van der Waals surface area contributed by atoms with Crippen LogP contribution in [0, 0.1) is 0 Å². The van der Waals surface area contributed by atoms with Crippen molar-refractivity contribution in [3.05, 3.63) is 11.6 Å². The molecule has 2 unspecified atom stereocenters. The van der Waals surface area contributed by atoms with Crippen LogP contribution in [0.3, 0.4) is 0 Å². The monoisotopic (exact) mass is 242 g/mol. The molecule has 8 heteroatoms. The average molecular weight is 242 g/mol. The first-order chi connectivity index (χ1) is 6.20. The Hall–Kier alpha value is 0.0400. The Morgan fingerprint density at radius 1 is 1.50 bits per heavy atom. The summed E-state index contributed by atoms with van der Waals surface area (Å²) in [6.45, 7) is 1.53. The van der Waals surface area contributed by atoms with E-state index in [-0.39, 0.29) is 13.2 Å². The van der Waals surface area contributed by atoms with Crippen molar-refractivity contribution >= 4 is 14.3 Å². The number of hydrogen-bond donors (Lipinski definition) is 1. The topological polar surface area (TPSA) is 110 Å². The van der Waals surface area contributed by atoms with Gasteiger partial charge in [-0.15, -0.1) is 0 Å². The Kier molecular flexibility index (Phi) is 5.23. The largest absolute Gasteiger partial charge is 0.793 e. The van der Waals surface area contributed by atoms with Crippen LogP contribution in [0.15, 0.2) is 11.6 Å². The highest BCUT2D eigenvalue weighted by Gasteiger charge is 2.18. The Morgan fingerprint density at radius 3 is 2.36 bits per heavy atom. The van der Waals surface area contributed by atoms with Crippen LogP contribution in [0.2, 0.25) is 0 Å². The van der Waals surface area contributed by atoms with Crippen molar-refractivity contribution < 1.29 is 28.5 Å². The summed E-state index contributed by atoms with van der Waals surface area (Å²) in [5.74, 6) is 0. The quantitative estimate of drug-likeness (QED) is 0.522. The first-order valence-electron chi connectivity index (χ1n) is 3.72. The van der Waals surface area contributed by atoms with Gasteiger partial charge in [0.25, 0.3) is 0 Å². The fourth-order valence-corrected chi connectivity index (χ4v) is 1.75. The van der Waals surface area contributed by atoms with Crippen molar-refractivity contribution in [3.8, 4) is 0 Å². The van der Waals surface area contributed by atoms with E-state index in [1.165, 1.54) is 6.08 Å². The Labute approximate surface area is 82.1 Å². The lowest BCUT2D eigenvalue weighted by Crippen LogP contribution is -2.12. The third-order valence-electron chi connectivity index (χ3n) is 1.36. The van der Waals surface area contributed by atoms with E-state index < -0.39 is 14.3 Å². The minimum absolute atomic E-state index is 0.228. The molecule has 84 valence electrons. The second kappa shape index (κ2) is 5.21. The molecule has 2 atom stereocenters. The maximum atomic E-state index is 10.9. The van der Waals surface area contributed by atoms with Crippen LogP contribution in [0.25, 0.3) is 0 Å². The molecule has 0 heterocycles. The van der Waals surface area contributed by atoms with Crippen molar-refractivity contribution in [2.75, 3.05) is 19.9 Å². The van der Waals surface area contributed by atoms with Gasteiger partial charge in [0.05, 0.1) is 20.3 Å². The molecule has 0 saturated carbocycles. The minimum atomic E-state index is -4.82. The van der Waals surface area contributed by atoms with Crippen LogP contribution in [-0.2, 0) is 13.7 Å². The highest BCUT2D eigenvalue weighted by Crippen LogP contribution is 2.69. The first kappa shape index (κ1) is 14.0. The number of hydrogen-bond acceptors (Lipinski definition) is 6. The van der Waals surface area contributed by atoms with Gasteiger partial charge in [0.15, 0.2) is 7.28 Å². The van der Waals surface area contributed by atoms with Crippen LogP contribution in [0.4, 0.5) is 0 Å². The second-order valence-electron chi connectivity index (χ2n) is 2.78. The smallest absolute Gasteiger partial charge is 0.179 e. The SMILES string of the molecule is C/C(=C\COP(=O)([O-])P(C)(=O)[O-])CO. The van der Waals surface area contributed by atoms with Crippen LogP contribution >= 0.6 is 14.3 Å².